The second kappa shape index (κ2) is 13.8. The molecule has 2 atom stereocenters. The van der Waals surface area contributed by atoms with Crippen molar-refractivity contribution in [2.45, 2.75) is 51.6 Å². The molecular formula is C31H36N2O2RuS. The van der Waals surface area contributed by atoms with Gasteiger partial charge >= 0.3 is 0 Å². The van der Waals surface area contributed by atoms with Gasteiger partial charge in [-0.15, -0.1) is 0 Å². The van der Waals surface area contributed by atoms with Gasteiger partial charge in [-0.25, -0.2) is 13.1 Å². The molecule has 4 rings (SSSR count). The Morgan fingerprint density at radius 1 is 0.595 bits per heavy atom. The van der Waals surface area contributed by atoms with Gasteiger partial charge in [-0.3, -0.25) is 0 Å². The summed E-state index contributed by atoms with van der Waals surface area (Å²) in [5, 5.41) is 0. The van der Waals surface area contributed by atoms with Crippen LogP contribution in [0.4, 0.5) is 0 Å². The third kappa shape index (κ3) is 9.01. The largest absolute Gasteiger partial charge is 0.322 e. The summed E-state index contributed by atoms with van der Waals surface area (Å²) in [5.41, 5.74) is 14.0. The molecule has 0 radical (unpaired) electrons. The number of aryl methyl sites for hydroxylation is 5. The fourth-order valence-corrected chi connectivity index (χ4v) is 5.84. The first-order valence-electron chi connectivity index (χ1n) is 12.1. The first-order chi connectivity index (χ1) is 17.0. The van der Waals surface area contributed by atoms with Crippen molar-refractivity contribution >= 4 is 10.0 Å². The number of hydrogen-bond acceptors (Lipinski definition) is 3. The molecule has 0 unspecified atom stereocenters. The molecule has 0 spiro atoms. The van der Waals surface area contributed by atoms with Crippen LogP contribution >= 0.6 is 0 Å². The fourth-order valence-electron chi connectivity index (χ4n) is 4.40. The zero-order valence-electron chi connectivity index (χ0n) is 22.0. The maximum atomic E-state index is 13.1. The van der Waals surface area contributed by atoms with Gasteiger partial charge in [0.2, 0.25) is 10.0 Å². The number of rotatable bonds is 6. The van der Waals surface area contributed by atoms with E-state index >= 15 is 0 Å². The summed E-state index contributed by atoms with van der Waals surface area (Å²) in [4.78, 5) is 0.251. The van der Waals surface area contributed by atoms with E-state index in [-0.39, 0.29) is 24.4 Å². The Bertz CT molecular complexity index is 1320. The Morgan fingerprint density at radius 2 is 0.946 bits per heavy atom. The maximum Gasteiger partial charge on any atom is 0.241 e. The van der Waals surface area contributed by atoms with Crippen LogP contribution in [0.1, 0.15) is 51.0 Å². The summed E-state index contributed by atoms with van der Waals surface area (Å²) in [6.07, 6.45) is 0. The predicted octanol–water partition coefficient (Wildman–Crippen LogP) is 6.63. The van der Waals surface area contributed by atoms with Crippen molar-refractivity contribution in [1.82, 2.24) is 4.72 Å². The third-order valence-corrected chi connectivity index (χ3v) is 7.28. The molecule has 0 saturated carbocycles. The van der Waals surface area contributed by atoms with Crippen LogP contribution in [0.2, 0.25) is 0 Å². The van der Waals surface area contributed by atoms with Gasteiger partial charge in [0.1, 0.15) is 0 Å². The molecule has 0 heterocycles. The monoisotopic (exact) mass is 602 g/mol. The molecule has 4 nitrogen and oxygen atoms in total. The summed E-state index contributed by atoms with van der Waals surface area (Å²) < 4.78 is 29.0. The molecule has 0 bridgehead atoms. The van der Waals surface area contributed by atoms with Crippen molar-refractivity contribution in [2.24, 2.45) is 5.73 Å². The Balaban J connectivity index is 0.000000408. The minimum absolute atomic E-state index is 0. The molecule has 0 aromatic heterocycles. The van der Waals surface area contributed by atoms with Gasteiger partial charge in [0.15, 0.2) is 0 Å². The first-order valence-corrected chi connectivity index (χ1v) is 13.5. The standard InChI is InChI=1S/C22H24N2O2S.C9H12.Ru/c1-16-13-17(2)15-20(14-16)27(25,26)24-22(19-11-7-4-8-12-19)21(23)18-9-5-3-6-10-18;1-7-4-8(2)6-9(3)5-7;/h3-15,21-22,24H,23H2,1-2H3;4-6H,1-3H3;/t21-,22-;;/m0../s1. The van der Waals surface area contributed by atoms with E-state index in [0.29, 0.717) is 0 Å². The molecule has 0 amide bonds. The second-order valence-electron chi connectivity index (χ2n) is 9.43. The summed E-state index contributed by atoms with van der Waals surface area (Å²) >= 11 is 0. The normalized spacial score (nSPS) is 12.5. The van der Waals surface area contributed by atoms with Gasteiger partial charge in [-0.2, -0.15) is 0 Å². The van der Waals surface area contributed by atoms with E-state index < -0.39 is 22.1 Å². The molecule has 196 valence electrons. The number of nitrogens with one attached hydrogen (secondary N) is 1. The number of benzene rings is 4. The Hall–Kier alpha value is -2.63. The van der Waals surface area contributed by atoms with E-state index in [0.717, 1.165) is 22.3 Å². The third-order valence-electron chi connectivity index (χ3n) is 5.86. The summed E-state index contributed by atoms with van der Waals surface area (Å²) in [6.45, 7) is 10.1. The molecule has 0 aliphatic heterocycles. The molecule has 4 aromatic carbocycles. The van der Waals surface area contributed by atoms with Crippen LogP contribution in [0.25, 0.3) is 0 Å². The van der Waals surface area contributed by atoms with Crippen LogP contribution in [0, 0.1) is 34.6 Å². The molecule has 37 heavy (non-hydrogen) atoms. The maximum absolute atomic E-state index is 13.1. The van der Waals surface area contributed by atoms with Crippen molar-refractivity contribution in [3.05, 3.63) is 136 Å². The molecule has 4 aromatic rings. The number of hydrogen-bond donors (Lipinski definition) is 2. The van der Waals surface area contributed by atoms with Gasteiger partial charge in [-0.1, -0.05) is 102 Å². The van der Waals surface area contributed by atoms with E-state index in [1.54, 1.807) is 12.1 Å². The minimum atomic E-state index is -3.74. The van der Waals surface area contributed by atoms with E-state index in [1.807, 2.05) is 80.6 Å². The molecule has 0 saturated heterocycles. The van der Waals surface area contributed by atoms with Crippen molar-refractivity contribution in [2.75, 3.05) is 0 Å². The van der Waals surface area contributed by atoms with Crippen LogP contribution in [0.3, 0.4) is 0 Å². The molecule has 3 N–H and O–H groups in total. The van der Waals surface area contributed by atoms with E-state index in [9.17, 15) is 8.42 Å². The van der Waals surface area contributed by atoms with Gasteiger partial charge in [0.05, 0.1) is 17.0 Å². The van der Waals surface area contributed by atoms with E-state index in [4.69, 9.17) is 5.73 Å². The SMILES string of the molecule is Cc1cc(C)cc(C)c1.Cc1cc(C)cc(S(=O)(=O)N[C@@H](c2ccccc2)[C@@H](N)c2ccccc2)c1.[Ru]. The average Bonchev–Trinajstić information content (AvgIpc) is 2.82. The van der Waals surface area contributed by atoms with Crippen molar-refractivity contribution < 1.29 is 27.9 Å². The second-order valence-corrected chi connectivity index (χ2v) is 11.1. The van der Waals surface area contributed by atoms with Crippen molar-refractivity contribution in [3.63, 3.8) is 0 Å². The Kier molecular flexibility index (Phi) is 11.4. The van der Waals surface area contributed by atoms with Crippen LogP contribution in [-0.2, 0) is 29.5 Å². The summed E-state index contributed by atoms with van der Waals surface area (Å²) in [6, 6.07) is 29.7. The Morgan fingerprint density at radius 3 is 1.35 bits per heavy atom. The average molecular weight is 602 g/mol. The number of nitrogens with two attached hydrogens (primary N) is 1. The fraction of sp³-hybridized carbons (Fsp3) is 0.226. The van der Waals surface area contributed by atoms with Crippen LogP contribution in [-0.4, -0.2) is 8.42 Å². The molecule has 6 heteroatoms. The quantitative estimate of drug-likeness (QED) is 0.244. The Labute approximate surface area is 235 Å². The van der Waals surface area contributed by atoms with Crippen LogP contribution in [0.5, 0.6) is 0 Å². The summed E-state index contributed by atoms with van der Waals surface area (Å²) in [7, 11) is -3.74. The predicted molar refractivity (Wildman–Crippen MR) is 149 cm³/mol. The van der Waals surface area contributed by atoms with Gasteiger partial charge in [0.25, 0.3) is 0 Å². The molecule has 0 aliphatic carbocycles. The summed E-state index contributed by atoms with van der Waals surface area (Å²) in [5.74, 6) is 0. The molecule has 0 fully saturated rings. The number of sulfonamides is 1. The van der Waals surface area contributed by atoms with Gasteiger partial charge < -0.3 is 5.73 Å². The van der Waals surface area contributed by atoms with Gasteiger partial charge in [0, 0.05) is 19.5 Å². The first kappa shape index (κ1) is 30.6. The van der Waals surface area contributed by atoms with E-state index in [1.165, 1.54) is 16.7 Å². The molecule has 0 aliphatic rings. The smallest absolute Gasteiger partial charge is 0.241 e. The zero-order valence-corrected chi connectivity index (χ0v) is 24.6. The topological polar surface area (TPSA) is 72.2 Å². The van der Waals surface area contributed by atoms with E-state index in [2.05, 4.69) is 43.7 Å². The van der Waals surface area contributed by atoms with Crippen LogP contribution < -0.4 is 10.5 Å². The minimum Gasteiger partial charge on any atom is -0.322 e. The van der Waals surface area contributed by atoms with Crippen LogP contribution in [0.15, 0.2) is 102 Å². The zero-order chi connectivity index (χ0) is 26.3. The molecular weight excluding hydrogens is 565 g/mol. The van der Waals surface area contributed by atoms with Gasteiger partial charge in [-0.05, 0) is 69.0 Å². The van der Waals surface area contributed by atoms with Crippen molar-refractivity contribution in [1.29, 1.82) is 0 Å². The van der Waals surface area contributed by atoms with Crippen molar-refractivity contribution in [3.8, 4) is 0 Å².